The van der Waals surface area contributed by atoms with E-state index in [-0.39, 0.29) is 17.8 Å². The molecule has 1 N–H and O–H groups in total. The summed E-state index contributed by atoms with van der Waals surface area (Å²) in [5, 5.41) is 9.06. The van der Waals surface area contributed by atoms with Crippen LogP contribution in [-0.2, 0) is 14.9 Å². The minimum atomic E-state index is -0.703. The normalized spacial score (nSPS) is 16.9. The van der Waals surface area contributed by atoms with Crippen molar-refractivity contribution < 1.29 is 14.6 Å². The fourth-order valence-corrected chi connectivity index (χ4v) is 2.87. The van der Waals surface area contributed by atoms with Crippen LogP contribution >= 0.6 is 0 Å². The zero-order chi connectivity index (χ0) is 14.8. The fourth-order valence-electron chi connectivity index (χ4n) is 2.87. The Morgan fingerprint density at radius 3 is 2.40 bits per heavy atom. The molecule has 0 radical (unpaired) electrons. The zero-order valence-corrected chi connectivity index (χ0v) is 12.6. The number of carbonyl (C=O) groups is 1. The van der Waals surface area contributed by atoms with Crippen molar-refractivity contribution in [1.82, 2.24) is 0 Å². The first-order valence-electron chi connectivity index (χ1n) is 7.25. The molecule has 0 heterocycles. The number of benzene rings is 1. The average molecular weight is 276 g/mol. The number of rotatable bonds is 7. The van der Waals surface area contributed by atoms with Crippen molar-refractivity contribution in [3.63, 3.8) is 0 Å². The molecule has 3 heteroatoms. The van der Waals surface area contributed by atoms with E-state index in [1.165, 1.54) is 5.56 Å². The summed E-state index contributed by atoms with van der Waals surface area (Å²) in [5.41, 5.74) is 2.37. The molecule has 110 valence electrons. The molecule has 1 saturated carbocycles. The van der Waals surface area contributed by atoms with Crippen LogP contribution < -0.4 is 0 Å². The van der Waals surface area contributed by atoms with Crippen molar-refractivity contribution in [2.45, 2.75) is 44.4 Å². The molecule has 0 saturated heterocycles. The second kappa shape index (κ2) is 5.96. The molecule has 0 spiro atoms. The van der Waals surface area contributed by atoms with E-state index in [0.29, 0.717) is 12.5 Å². The van der Waals surface area contributed by atoms with Gasteiger partial charge in [-0.15, -0.1) is 0 Å². The number of hydrogen-bond acceptors (Lipinski definition) is 2. The number of ether oxygens (including phenoxy) is 1. The van der Waals surface area contributed by atoms with Gasteiger partial charge in [0.25, 0.3) is 0 Å². The summed E-state index contributed by atoms with van der Waals surface area (Å²) in [6.45, 7) is 4.98. The maximum atomic E-state index is 11.0. The summed E-state index contributed by atoms with van der Waals surface area (Å²) in [5.74, 6) is 0.0294. The van der Waals surface area contributed by atoms with Crippen LogP contribution in [0.25, 0.3) is 0 Å². The van der Waals surface area contributed by atoms with Gasteiger partial charge in [-0.2, -0.15) is 0 Å². The molecule has 0 amide bonds. The van der Waals surface area contributed by atoms with Crippen molar-refractivity contribution in [1.29, 1.82) is 0 Å². The summed E-state index contributed by atoms with van der Waals surface area (Å²) in [6, 6.07) is 8.43. The molecule has 1 atom stereocenters. The molecule has 20 heavy (non-hydrogen) atoms. The Morgan fingerprint density at radius 1 is 1.35 bits per heavy atom. The van der Waals surface area contributed by atoms with Crippen molar-refractivity contribution in [3.05, 3.63) is 35.4 Å². The van der Waals surface area contributed by atoms with Gasteiger partial charge in [0.2, 0.25) is 0 Å². The number of aliphatic carboxylic acids is 1. The number of methoxy groups -OCH3 is 1. The van der Waals surface area contributed by atoms with E-state index in [2.05, 4.69) is 38.1 Å². The highest BCUT2D eigenvalue weighted by atomic mass is 16.5. The third kappa shape index (κ3) is 3.60. The highest BCUT2D eigenvalue weighted by Gasteiger charge is 2.33. The van der Waals surface area contributed by atoms with Gasteiger partial charge in [-0.1, -0.05) is 38.1 Å². The molecule has 1 unspecified atom stereocenters. The standard InChI is InChI=1S/C17H24O3/c1-17(2,11-20-3)14-8-6-13(7-9-14)15(10-16(18)19)12-4-5-12/h6-9,12,15H,4-5,10-11H2,1-3H3,(H,18,19). The maximum absolute atomic E-state index is 11.0. The lowest BCUT2D eigenvalue weighted by Crippen LogP contribution is -2.23. The smallest absolute Gasteiger partial charge is 0.303 e. The lowest BCUT2D eigenvalue weighted by molar-refractivity contribution is -0.137. The van der Waals surface area contributed by atoms with Crippen molar-refractivity contribution in [2.24, 2.45) is 5.92 Å². The fraction of sp³-hybridized carbons (Fsp3) is 0.588. The van der Waals surface area contributed by atoms with Gasteiger partial charge >= 0.3 is 5.97 Å². The van der Waals surface area contributed by atoms with Crippen molar-refractivity contribution in [2.75, 3.05) is 13.7 Å². The molecule has 1 fully saturated rings. The van der Waals surface area contributed by atoms with Crippen molar-refractivity contribution in [3.8, 4) is 0 Å². The topological polar surface area (TPSA) is 46.5 Å². The number of hydrogen-bond donors (Lipinski definition) is 1. The Hall–Kier alpha value is -1.35. The van der Waals surface area contributed by atoms with Gasteiger partial charge in [0, 0.05) is 12.5 Å². The monoisotopic (exact) mass is 276 g/mol. The van der Waals surface area contributed by atoms with Crippen LogP contribution in [0.5, 0.6) is 0 Å². The maximum Gasteiger partial charge on any atom is 0.303 e. The first kappa shape index (κ1) is 15.0. The third-order valence-corrected chi connectivity index (χ3v) is 4.21. The Morgan fingerprint density at radius 2 is 1.95 bits per heavy atom. The summed E-state index contributed by atoms with van der Waals surface area (Å²) in [6.07, 6.45) is 2.56. The molecular weight excluding hydrogens is 252 g/mol. The van der Waals surface area contributed by atoms with Crippen LogP contribution in [0.15, 0.2) is 24.3 Å². The predicted octanol–water partition coefficient (Wildman–Crippen LogP) is 3.58. The molecule has 1 aromatic carbocycles. The van der Waals surface area contributed by atoms with E-state index in [0.717, 1.165) is 18.4 Å². The molecule has 1 aliphatic carbocycles. The molecule has 1 aliphatic rings. The van der Waals surface area contributed by atoms with Crippen LogP contribution in [0, 0.1) is 5.92 Å². The molecule has 0 aliphatic heterocycles. The first-order chi connectivity index (χ1) is 9.44. The number of carboxylic acid groups (broad SMARTS) is 1. The second-order valence-electron chi connectivity index (χ2n) is 6.48. The first-order valence-corrected chi connectivity index (χ1v) is 7.25. The Kier molecular flexibility index (Phi) is 4.48. The second-order valence-corrected chi connectivity index (χ2v) is 6.48. The minimum absolute atomic E-state index is 0.0187. The largest absolute Gasteiger partial charge is 0.481 e. The van der Waals surface area contributed by atoms with Crippen LogP contribution in [-0.4, -0.2) is 24.8 Å². The predicted molar refractivity (Wildman–Crippen MR) is 79.1 cm³/mol. The Labute approximate surface area is 121 Å². The molecule has 3 nitrogen and oxygen atoms in total. The van der Waals surface area contributed by atoms with Gasteiger partial charge in [-0.05, 0) is 35.8 Å². The van der Waals surface area contributed by atoms with Gasteiger partial charge in [0.1, 0.15) is 0 Å². The highest BCUT2D eigenvalue weighted by molar-refractivity contribution is 5.68. The van der Waals surface area contributed by atoms with Crippen LogP contribution in [0.2, 0.25) is 0 Å². The average Bonchev–Trinajstić information content (AvgIpc) is 3.20. The summed E-state index contributed by atoms with van der Waals surface area (Å²) >= 11 is 0. The summed E-state index contributed by atoms with van der Waals surface area (Å²) in [4.78, 5) is 11.0. The van der Waals surface area contributed by atoms with Gasteiger partial charge < -0.3 is 9.84 Å². The summed E-state index contributed by atoms with van der Waals surface area (Å²) < 4.78 is 5.26. The molecular formula is C17H24O3. The van der Waals surface area contributed by atoms with Gasteiger partial charge in [0.05, 0.1) is 13.0 Å². The lowest BCUT2D eigenvalue weighted by atomic mass is 9.83. The van der Waals surface area contributed by atoms with Gasteiger partial charge in [-0.3, -0.25) is 4.79 Å². The third-order valence-electron chi connectivity index (χ3n) is 4.21. The van der Waals surface area contributed by atoms with E-state index in [1.807, 2.05) is 0 Å². The van der Waals surface area contributed by atoms with E-state index in [4.69, 9.17) is 9.84 Å². The van der Waals surface area contributed by atoms with E-state index in [1.54, 1.807) is 7.11 Å². The molecule has 1 aromatic rings. The summed E-state index contributed by atoms with van der Waals surface area (Å²) in [7, 11) is 1.71. The van der Waals surface area contributed by atoms with E-state index in [9.17, 15) is 4.79 Å². The van der Waals surface area contributed by atoms with Gasteiger partial charge in [-0.25, -0.2) is 0 Å². The van der Waals surface area contributed by atoms with Gasteiger partial charge in [0.15, 0.2) is 0 Å². The Bertz CT molecular complexity index is 458. The van der Waals surface area contributed by atoms with E-state index < -0.39 is 5.97 Å². The molecule has 2 rings (SSSR count). The zero-order valence-electron chi connectivity index (χ0n) is 12.6. The quantitative estimate of drug-likeness (QED) is 0.828. The van der Waals surface area contributed by atoms with E-state index >= 15 is 0 Å². The number of carboxylic acids is 1. The van der Waals surface area contributed by atoms with Crippen LogP contribution in [0.3, 0.4) is 0 Å². The lowest BCUT2D eigenvalue weighted by Gasteiger charge is -2.25. The van der Waals surface area contributed by atoms with Crippen molar-refractivity contribution >= 4 is 5.97 Å². The molecule has 0 aromatic heterocycles. The molecule has 0 bridgehead atoms. The highest BCUT2D eigenvalue weighted by Crippen LogP contribution is 2.44. The SMILES string of the molecule is COCC(C)(C)c1ccc(C(CC(=O)O)C2CC2)cc1. The minimum Gasteiger partial charge on any atom is -0.481 e. The van der Waals surface area contributed by atoms with Crippen LogP contribution in [0.4, 0.5) is 0 Å². The Balaban J connectivity index is 2.15. The van der Waals surface area contributed by atoms with Crippen LogP contribution in [0.1, 0.15) is 50.2 Å².